The van der Waals surface area contributed by atoms with Crippen molar-refractivity contribution >= 4 is 5.91 Å². The van der Waals surface area contributed by atoms with Crippen LogP contribution >= 0.6 is 0 Å². The van der Waals surface area contributed by atoms with E-state index < -0.39 is 0 Å². The van der Waals surface area contributed by atoms with Crippen LogP contribution in [0.25, 0.3) is 0 Å². The number of carbonyl (C=O) groups excluding carboxylic acids is 1. The summed E-state index contributed by atoms with van der Waals surface area (Å²) >= 11 is 0. The number of hydrogen-bond donors (Lipinski definition) is 0. The normalized spacial score (nSPS) is 22.1. The fourth-order valence-electron chi connectivity index (χ4n) is 4.27. The Morgan fingerprint density at radius 1 is 1.20 bits per heavy atom. The second kappa shape index (κ2) is 8.35. The van der Waals surface area contributed by atoms with E-state index in [4.69, 9.17) is 0 Å². The molecule has 5 heteroatoms. The molecular formula is C20H34N4O. The van der Waals surface area contributed by atoms with Crippen LogP contribution in [0.2, 0.25) is 0 Å². The Hall–Kier alpha value is -1.36. The molecule has 2 aliphatic heterocycles. The lowest BCUT2D eigenvalue weighted by molar-refractivity contribution is 0.0548. The van der Waals surface area contributed by atoms with Gasteiger partial charge in [0.15, 0.2) is 0 Å². The molecule has 1 amide bonds. The lowest BCUT2D eigenvalue weighted by atomic mass is 10.0. The number of carbonyl (C=O) groups is 1. The molecule has 140 valence electrons. The molecule has 0 saturated carbocycles. The van der Waals surface area contributed by atoms with Gasteiger partial charge in [-0.25, -0.2) is 0 Å². The summed E-state index contributed by atoms with van der Waals surface area (Å²) in [5.74, 6) is 0.745. The van der Waals surface area contributed by atoms with Gasteiger partial charge in [-0.15, -0.1) is 0 Å². The Labute approximate surface area is 152 Å². The summed E-state index contributed by atoms with van der Waals surface area (Å²) < 4.78 is 1.90. The molecule has 0 spiro atoms. The Balaban J connectivity index is 1.75. The van der Waals surface area contributed by atoms with Crippen LogP contribution in [-0.2, 0) is 13.0 Å². The van der Waals surface area contributed by atoms with Crippen molar-refractivity contribution in [2.24, 2.45) is 5.92 Å². The Morgan fingerprint density at radius 3 is 2.60 bits per heavy atom. The quantitative estimate of drug-likeness (QED) is 0.794. The Morgan fingerprint density at radius 2 is 1.92 bits per heavy atom. The van der Waals surface area contributed by atoms with Crippen LogP contribution in [0.15, 0.2) is 6.07 Å². The molecule has 1 aromatic rings. The number of piperidine rings is 1. The van der Waals surface area contributed by atoms with Gasteiger partial charge in [-0.05, 0) is 70.5 Å². The van der Waals surface area contributed by atoms with E-state index >= 15 is 0 Å². The zero-order valence-corrected chi connectivity index (χ0v) is 16.2. The molecule has 0 N–H and O–H groups in total. The lowest BCUT2D eigenvalue weighted by Gasteiger charge is -2.37. The minimum Gasteiger partial charge on any atom is -0.333 e. The maximum atomic E-state index is 13.3. The third-order valence-corrected chi connectivity index (χ3v) is 5.52. The van der Waals surface area contributed by atoms with Crippen molar-refractivity contribution in [3.63, 3.8) is 0 Å². The third-order valence-electron chi connectivity index (χ3n) is 5.52. The van der Waals surface area contributed by atoms with Crippen molar-refractivity contribution in [1.82, 2.24) is 19.6 Å². The molecule has 1 aromatic heterocycles. The molecule has 3 heterocycles. The van der Waals surface area contributed by atoms with Gasteiger partial charge in [0.05, 0.1) is 5.69 Å². The van der Waals surface area contributed by atoms with Crippen LogP contribution in [0.3, 0.4) is 0 Å². The number of rotatable bonds is 6. The van der Waals surface area contributed by atoms with Crippen molar-refractivity contribution in [2.45, 2.75) is 71.9 Å². The fourth-order valence-corrected chi connectivity index (χ4v) is 4.27. The third kappa shape index (κ3) is 4.43. The van der Waals surface area contributed by atoms with Crippen molar-refractivity contribution in [1.29, 1.82) is 0 Å². The van der Waals surface area contributed by atoms with E-state index in [2.05, 4.69) is 35.7 Å². The van der Waals surface area contributed by atoms with Crippen molar-refractivity contribution in [2.75, 3.05) is 26.2 Å². The zero-order chi connectivity index (χ0) is 17.8. The summed E-state index contributed by atoms with van der Waals surface area (Å²) in [6, 6.07) is 2.40. The van der Waals surface area contributed by atoms with Crippen LogP contribution in [0.1, 0.15) is 69.1 Å². The van der Waals surface area contributed by atoms with Crippen molar-refractivity contribution in [3.8, 4) is 0 Å². The summed E-state index contributed by atoms with van der Waals surface area (Å²) in [6.07, 6.45) is 7.06. The molecule has 0 bridgehead atoms. The van der Waals surface area contributed by atoms with Gasteiger partial charge in [0, 0.05) is 25.7 Å². The first-order valence-corrected chi connectivity index (χ1v) is 10.2. The average molecular weight is 347 g/mol. The number of hydrogen-bond acceptors (Lipinski definition) is 3. The van der Waals surface area contributed by atoms with Gasteiger partial charge in [0.1, 0.15) is 5.69 Å². The molecular weight excluding hydrogens is 312 g/mol. The van der Waals surface area contributed by atoms with E-state index in [1.807, 2.05) is 10.7 Å². The van der Waals surface area contributed by atoms with Gasteiger partial charge in [-0.2, -0.15) is 5.10 Å². The summed E-state index contributed by atoms with van der Waals surface area (Å²) in [6.45, 7) is 11.6. The van der Waals surface area contributed by atoms with Crippen LogP contribution in [-0.4, -0.2) is 57.7 Å². The van der Waals surface area contributed by atoms with Gasteiger partial charge >= 0.3 is 0 Å². The van der Waals surface area contributed by atoms with Crippen molar-refractivity contribution < 1.29 is 4.79 Å². The number of aromatic nitrogens is 2. The zero-order valence-electron chi connectivity index (χ0n) is 16.2. The number of likely N-dealkylation sites (tertiary alicyclic amines) is 2. The van der Waals surface area contributed by atoms with Gasteiger partial charge < -0.3 is 9.80 Å². The van der Waals surface area contributed by atoms with Crippen LogP contribution in [0.4, 0.5) is 0 Å². The highest BCUT2D eigenvalue weighted by molar-refractivity contribution is 5.93. The monoisotopic (exact) mass is 346 g/mol. The lowest BCUT2D eigenvalue weighted by Crippen LogP contribution is -2.49. The summed E-state index contributed by atoms with van der Waals surface area (Å²) in [5, 5.41) is 4.67. The number of aryl methyl sites for hydroxylation is 1. The largest absolute Gasteiger partial charge is 0.333 e. The Bertz CT molecular complexity index is 574. The predicted octanol–water partition coefficient (Wildman–Crippen LogP) is 3.19. The summed E-state index contributed by atoms with van der Waals surface area (Å²) in [7, 11) is 0. The minimum atomic E-state index is 0.188. The highest BCUT2D eigenvalue weighted by Gasteiger charge is 2.31. The molecule has 1 atom stereocenters. The molecule has 0 aliphatic carbocycles. The molecule has 2 saturated heterocycles. The highest BCUT2D eigenvalue weighted by Crippen LogP contribution is 2.23. The number of amides is 1. The molecule has 3 rings (SSSR count). The van der Waals surface area contributed by atoms with E-state index in [1.165, 1.54) is 32.4 Å². The maximum Gasteiger partial charge on any atom is 0.272 e. The predicted molar refractivity (Wildman–Crippen MR) is 101 cm³/mol. The average Bonchev–Trinajstić information content (AvgIpc) is 3.23. The first-order valence-electron chi connectivity index (χ1n) is 10.2. The fraction of sp³-hybridized carbons (Fsp3) is 0.800. The summed E-state index contributed by atoms with van der Waals surface area (Å²) in [4.78, 5) is 18.0. The first kappa shape index (κ1) is 18.4. The Kier molecular flexibility index (Phi) is 6.15. The maximum absolute atomic E-state index is 13.3. The molecule has 5 nitrogen and oxygen atoms in total. The van der Waals surface area contributed by atoms with E-state index in [-0.39, 0.29) is 5.91 Å². The SMILES string of the molecule is CCn1nc(CC(C)C)cc1C(=O)N1CCCCC1CN1CCCC1. The van der Waals surface area contributed by atoms with Gasteiger partial charge in [-0.1, -0.05) is 13.8 Å². The second-order valence-corrected chi connectivity index (χ2v) is 8.09. The molecule has 0 aromatic carbocycles. The van der Waals surface area contributed by atoms with Crippen molar-refractivity contribution in [3.05, 3.63) is 17.5 Å². The molecule has 1 unspecified atom stereocenters. The van der Waals surface area contributed by atoms with E-state index in [0.29, 0.717) is 12.0 Å². The molecule has 2 aliphatic rings. The van der Waals surface area contributed by atoms with E-state index in [1.54, 1.807) is 0 Å². The second-order valence-electron chi connectivity index (χ2n) is 8.09. The highest BCUT2D eigenvalue weighted by atomic mass is 16.2. The smallest absolute Gasteiger partial charge is 0.272 e. The molecule has 0 radical (unpaired) electrons. The van der Waals surface area contributed by atoms with E-state index in [9.17, 15) is 4.79 Å². The number of nitrogens with zero attached hydrogens (tertiary/aromatic N) is 4. The van der Waals surface area contributed by atoms with E-state index in [0.717, 1.165) is 50.3 Å². The van der Waals surface area contributed by atoms with Gasteiger partial charge in [0.25, 0.3) is 5.91 Å². The van der Waals surface area contributed by atoms with Crippen LogP contribution in [0, 0.1) is 5.92 Å². The molecule has 2 fully saturated rings. The van der Waals surface area contributed by atoms with Crippen LogP contribution < -0.4 is 0 Å². The van der Waals surface area contributed by atoms with Gasteiger partial charge in [-0.3, -0.25) is 9.48 Å². The minimum absolute atomic E-state index is 0.188. The topological polar surface area (TPSA) is 41.4 Å². The summed E-state index contributed by atoms with van der Waals surface area (Å²) in [5.41, 5.74) is 1.83. The van der Waals surface area contributed by atoms with Crippen LogP contribution in [0.5, 0.6) is 0 Å². The first-order chi connectivity index (χ1) is 12.1. The standard InChI is InChI=1S/C20H34N4O/c1-4-24-19(14-17(21-24)13-16(2)3)20(25)23-12-6-5-9-18(23)15-22-10-7-8-11-22/h14,16,18H,4-13,15H2,1-3H3. The van der Waals surface area contributed by atoms with Gasteiger partial charge in [0.2, 0.25) is 0 Å². The molecule has 25 heavy (non-hydrogen) atoms.